The van der Waals surface area contributed by atoms with Crippen LogP contribution in [0.3, 0.4) is 0 Å². The predicted octanol–water partition coefficient (Wildman–Crippen LogP) is 2.66. The molecule has 3 aromatic rings. The Kier molecular flexibility index (Phi) is 2.75. The van der Waals surface area contributed by atoms with Gasteiger partial charge in [-0.15, -0.1) is 0 Å². The van der Waals surface area contributed by atoms with Gasteiger partial charge in [0, 0.05) is 5.39 Å². The maximum atomic E-state index is 11.4. The molecule has 0 aliphatic carbocycles. The first-order valence-electron chi connectivity index (χ1n) is 5.77. The molecule has 96 valence electrons. The van der Waals surface area contributed by atoms with Gasteiger partial charge in [0.05, 0.1) is 6.61 Å². The maximum absolute atomic E-state index is 11.4. The van der Waals surface area contributed by atoms with Gasteiger partial charge in [0.25, 0.3) is 11.7 Å². The van der Waals surface area contributed by atoms with E-state index in [1.807, 2.05) is 24.3 Å². The van der Waals surface area contributed by atoms with Crippen molar-refractivity contribution in [3.05, 3.63) is 36.2 Å². The summed E-state index contributed by atoms with van der Waals surface area (Å²) in [6, 6.07) is 9.29. The third kappa shape index (κ3) is 2.08. The second kappa shape index (κ2) is 4.56. The number of benzene rings is 1. The summed E-state index contributed by atoms with van der Waals surface area (Å²) in [6.07, 6.45) is 0. The van der Waals surface area contributed by atoms with Gasteiger partial charge < -0.3 is 13.7 Å². The van der Waals surface area contributed by atoms with E-state index in [0.29, 0.717) is 11.3 Å². The van der Waals surface area contributed by atoms with Gasteiger partial charge in [-0.1, -0.05) is 18.2 Å². The van der Waals surface area contributed by atoms with E-state index in [0.717, 1.165) is 5.39 Å². The highest BCUT2D eigenvalue weighted by molar-refractivity contribution is 5.86. The molecule has 0 aliphatic rings. The van der Waals surface area contributed by atoms with Crippen LogP contribution in [-0.4, -0.2) is 22.7 Å². The lowest BCUT2D eigenvalue weighted by Gasteiger charge is -1.93. The molecule has 0 saturated heterocycles. The van der Waals surface area contributed by atoms with Crippen LogP contribution in [-0.2, 0) is 4.74 Å². The van der Waals surface area contributed by atoms with Gasteiger partial charge in [0.2, 0.25) is 0 Å². The SMILES string of the molecule is CCOC(=O)c1noc(-c2cc3ccccc3o2)n1. The van der Waals surface area contributed by atoms with Crippen LogP contribution in [0.15, 0.2) is 39.3 Å². The van der Waals surface area contributed by atoms with Gasteiger partial charge in [0.15, 0.2) is 5.76 Å². The zero-order valence-corrected chi connectivity index (χ0v) is 10.1. The molecular formula is C13H10N2O4. The standard InChI is InChI=1S/C13H10N2O4/c1-2-17-13(16)11-14-12(19-15-11)10-7-8-5-3-4-6-9(8)18-10/h3-7H,2H2,1H3. The molecule has 0 unspecified atom stereocenters. The minimum atomic E-state index is -0.617. The summed E-state index contributed by atoms with van der Waals surface area (Å²) < 4.78 is 15.3. The number of furan rings is 1. The molecule has 0 aliphatic heterocycles. The number of rotatable bonds is 3. The molecule has 6 heteroatoms. The smallest absolute Gasteiger partial charge is 0.379 e. The first-order valence-corrected chi connectivity index (χ1v) is 5.77. The van der Waals surface area contributed by atoms with E-state index in [2.05, 4.69) is 10.1 Å². The van der Waals surface area contributed by atoms with Gasteiger partial charge in [-0.05, 0) is 24.2 Å². The largest absolute Gasteiger partial charge is 0.460 e. The molecule has 0 atom stereocenters. The summed E-state index contributed by atoms with van der Waals surface area (Å²) in [7, 11) is 0. The van der Waals surface area contributed by atoms with Crippen LogP contribution in [0.5, 0.6) is 0 Å². The van der Waals surface area contributed by atoms with Crippen molar-refractivity contribution in [2.75, 3.05) is 6.61 Å². The van der Waals surface area contributed by atoms with E-state index in [4.69, 9.17) is 13.7 Å². The molecule has 2 aromatic heterocycles. The quantitative estimate of drug-likeness (QED) is 0.672. The van der Waals surface area contributed by atoms with Crippen LogP contribution < -0.4 is 0 Å². The van der Waals surface area contributed by atoms with Gasteiger partial charge in [-0.2, -0.15) is 4.98 Å². The highest BCUT2D eigenvalue weighted by atomic mass is 16.5. The van der Waals surface area contributed by atoms with Crippen molar-refractivity contribution in [2.45, 2.75) is 6.92 Å². The third-order valence-corrected chi connectivity index (χ3v) is 2.52. The van der Waals surface area contributed by atoms with Crippen molar-refractivity contribution in [1.29, 1.82) is 0 Å². The van der Waals surface area contributed by atoms with Gasteiger partial charge in [-0.3, -0.25) is 0 Å². The van der Waals surface area contributed by atoms with Crippen molar-refractivity contribution < 1.29 is 18.5 Å². The Hall–Kier alpha value is -2.63. The average Bonchev–Trinajstić information content (AvgIpc) is 3.05. The Bertz CT molecular complexity index is 696. The van der Waals surface area contributed by atoms with E-state index in [1.54, 1.807) is 13.0 Å². The molecular weight excluding hydrogens is 248 g/mol. The highest BCUT2D eigenvalue weighted by Crippen LogP contribution is 2.26. The van der Waals surface area contributed by atoms with Crippen molar-refractivity contribution in [3.63, 3.8) is 0 Å². The number of esters is 1. The molecule has 2 heterocycles. The molecule has 19 heavy (non-hydrogen) atoms. The zero-order valence-electron chi connectivity index (χ0n) is 10.1. The summed E-state index contributed by atoms with van der Waals surface area (Å²) in [4.78, 5) is 15.4. The second-order valence-corrected chi connectivity index (χ2v) is 3.79. The van der Waals surface area contributed by atoms with Gasteiger partial charge in [0.1, 0.15) is 5.58 Å². The number of nitrogens with zero attached hydrogens (tertiary/aromatic N) is 2. The van der Waals surface area contributed by atoms with E-state index >= 15 is 0 Å². The number of para-hydroxylation sites is 1. The lowest BCUT2D eigenvalue weighted by Crippen LogP contribution is -2.06. The average molecular weight is 258 g/mol. The topological polar surface area (TPSA) is 78.4 Å². The van der Waals surface area contributed by atoms with Crippen LogP contribution >= 0.6 is 0 Å². The summed E-state index contributed by atoms with van der Waals surface area (Å²) >= 11 is 0. The van der Waals surface area contributed by atoms with E-state index in [9.17, 15) is 4.79 Å². The minimum Gasteiger partial charge on any atom is -0.460 e. The molecule has 0 spiro atoms. The lowest BCUT2D eigenvalue weighted by molar-refractivity contribution is 0.0508. The van der Waals surface area contributed by atoms with Crippen LogP contribution in [0.2, 0.25) is 0 Å². The monoisotopic (exact) mass is 258 g/mol. The molecule has 0 bridgehead atoms. The molecule has 6 nitrogen and oxygen atoms in total. The van der Waals surface area contributed by atoms with Crippen LogP contribution in [0.1, 0.15) is 17.5 Å². The molecule has 3 rings (SSSR count). The third-order valence-electron chi connectivity index (χ3n) is 2.52. The molecule has 0 radical (unpaired) electrons. The molecule has 0 fully saturated rings. The minimum absolute atomic E-state index is 0.114. The van der Waals surface area contributed by atoms with Crippen molar-refractivity contribution in [1.82, 2.24) is 10.1 Å². The summed E-state index contributed by atoms with van der Waals surface area (Å²) in [5.74, 6) is -0.158. The van der Waals surface area contributed by atoms with Crippen molar-refractivity contribution >= 4 is 16.9 Å². The Morgan fingerprint density at radius 1 is 1.37 bits per heavy atom. The maximum Gasteiger partial charge on any atom is 0.379 e. The van der Waals surface area contributed by atoms with E-state index in [-0.39, 0.29) is 18.3 Å². The number of ether oxygens (including phenoxy) is 1. The number of fused-ring (bicyclic) bond motifs is 1. The fourth-order valence-corrected chi connectivity index (χ4v) is 1.69. The predicted molar refractivity (Wildman–Crippen MR) is 65.5 cm³/mol. The van der Waals surface area contributed by atoms with Crippen LogP contribution in [0.25, 0.3) is 22.6 Å². The van der Waals surface area contributed by atoms with E-state index < -0.39 is 5.97 Å². The fraction of sp³-hybridized carbons (Fsp3) is 0.154. The Balaban J connectivity index is 1.96. The fourth-order valence-electron chi connectivity index (χ4n) is 1.69. The first-order chi connectivity index (χ1) is 9.28. The number of hydrogen-bond acceptors (Lipinski definition) is 6. The molecule has 0 N–H and O–H groups in total. The summed E-state index contributed by atoms with van der Waals surface area (Å²) in [5.41, 5.74) is 0.716. The number of hydrogen-bond donors (Lipinski definition) is 0. The Morgan fingerprint density at radius 2 is 2.21 bits per heavy atom. The highest BCUT2D eigenvalue weighted by Gasteiger charge is 2.18. The zero-order chi connectivity index (χ0) is 13.2. The Morgan fingerprint density at radius 3 is 3.00 bits per heavy atom. The lowest BCUT2D eigenvalue weighted by atomic mass is 10.2. The summed E-state index contributed by atoms with van der Waals surface area (Å²) in [5, 5.41) is 4.49. The number of aromatic nitrogens is 2. The normalized spacial score (nSPS) is 10.8. The molecule has 1 aromatic carbocycles. The van der Waals surface area contributed by atoms with Gasteiger partial charge >= 0.3 is 5.97 Å². The van der Waals surface area contributed by atoms with Gasteiger partial charge in [-0.25, -0.2) is 4.79 Å². The van der Waals surface area contributed by atoms with Crippen molar-refractivity contribution in [3.8, 4) is 11.7 Å². The summed E-state index contributed by atoms with van der Waals surface area (Å²) in [6.45, 7) is 1.96. The Labute approximate surface area is 108 Å². The second-order valence-electron chi connectivity index (χ2n) is 3.79. The first kappa shape index (κ1) is 11.5. The number of carbonyl (C=O) groups excluding carboxylic acids is 1. The molecule has 0 saturated carbocycles. The van der Waals surface area contributed by atoms with E-state index in [1.165, 1.54) is 0 Å². The van der Waals surface area contributed by atoms with Crippen molar-refractivity contribution in [2.24, 2.45) is 0 Å². The van der Waals surface area contributed by atoms with Crippen LogP contribution in [0, 0.1) is 0 Å². The van der Waals surface area contributed by atoms with Crippen LogP contribution in [0.4, 0.5) is 0 Å². The number of carbonyl (C=O) groups is 1. The molecule has 0 amide bonds.